The van der Waals surface area contributed by atoms with E-state index < -0.39 is 0 Å². The zero-order valence-corrected chi connectivity index (χ0v) is 11.4. The van der Waals surface area contributed by atoms with Gasteiger partial charge in [-0.1, -0.05) is 25.5 Å². The van der Waals surface area contributed by atoms with Crippen LogP contribution in [0.25, 0.3) is 0 Å². The highest BCUT2D eigenvalue weighted by molar-refractivity contribution is 5.46. The summed E-state index contributed by atoms with van der Waals surface area (Å²) in [4.78, 5) is 0. The summed E-state index contributed by atoms with van der Waals surface area (Å²) in [5.41, 5.74) is 2.53. The van der Waals surface area contributed by atoms with E-state index in [0.717, 1.165) is 23.6 Å². The maximum absolute atomic E-state index is 5.62. The summed E-state index contributed by atoms with van der Waals surface area (Å²) < 4.78 is 5.62. The molecule has 0 radical (unpaired) electrons. The highest BCUT2D eigenvalue weighted by Gasteiger charge is 2.08. The number of hydrogen-bond donors (Lipinski definition) is 1. The molecule has 1 aromatic carbocycles. The molecule has 0 saturated carbocycles. The molecule has 2 nitrogen and oxygen atoms in total. The van der Waals surface area contributed by atoms with E-state index in [9.17, 15) is 0 Å². The third-order valence-corrected chi connectivity index (χ3v) is 3.06. The molecule has 18 heavy (non-hydrogen) atoms. The Morgan fingerprint density at radius 3 is 2.39 bits per heavy atom. The van der Waals surface area contributed by atoms with Crippen molar-refractivity contribution in [1.29, 1.82) is 0 Å². The van der Waals surface area contributed by atoms with Gasteiger partial charge >= 0.3 is 0 Å². The first kappa shape index (κ1) is 12.7. The van der Waals surface area contributed by atoms with E-state index in [0.29, 0.717) is 0 Å². The van der Waals surface area contributed by atoms with Gasteiger partial charge in [0.15, 0.2) is 0 Å². The average molecular weight is 243 g/mol. The molecule has 0 aliphatic carbocycles. The van der Waals surface area contributed by atoms with Gasteiger partial charge in [0.1, 0.15) is 11.5 Å². The van der Waals surface area contributed by atoms with Crippen LogP contribution >= 0.6 is 0 Å². The lowest BCUT2D eigenvalue weighted by atomic mass is 10.1. The Morgan fingerprint density at radius 1 is 1.11 bits per heavy atom. The zero-order chi connectivity index (χ0) is 13.0. The van der Waals surface area contributed by atoms with Crippen LogP contribution in [0.15, 0.2) is 40.8 Å². The Morgan fingerprint density at radius 2 is 1.83 bits per heavy atom. The van der Waals surface area contributed by atoms with Crippen molar-refractivity contribution in [3.05, 3.63) is 53.5 Å². The summed E-state index contributed by atoms with van der Waals surface area (Å²) in [5.74, 6) is 1.93. The minimum atomic E-state index is 0.190. The van der Waals surface area contributed by atoms with Crippen LogP contribution in [-0.2, 0) is 6.42 Å². The molecule has 0 aliphatic rings. The van der Waals surface area contributed by atoms with Gasteiger partial charge in [-0.15, -0.1) is 0 Å². The fraction of sp³-hybridized carbons (Fsp3) is 0.375. The third kappa shape index (κ3) is 3.16. The van der Waals surface area contributed by atoms with Crippen molar-refractivity contribution in [1.82, 2.24) is 0 Å². The van der Waals surface area contributed by atoms with E-state index in [1.54, 1.807) is 0 Å². The first-order chi connectivity index (χ1) is 8.69. The van der Waals surface area contributed by atoms with Gasteiger partial charge < -0.3 is 9.73 Å². The number of aryl methyl sites for hydroxylation is 2. The molecule has 96 valence electrons. The SMILES string of the molecule is CCCc1ccc(NC(C)c2ccc(C)o2)cc1. The van der Waals surface area contributed by atoms with Crippen molar-refractivity contribution in [2.24, 2.45) is 0 Å². The summed E-state index contributed by atoms with van der Waals surface area (Å²) in [6.07, 6.45) is 2.34. The first-order valence-corrected chi connectivity index (χ1v) is 6.61. The maximum atomic E-state index is 5.62. The predicted molar refractivity (Wildman–Crippen MR) is 75.9 cm³/mol. The highest BCUT2D eigenvalue weighted by Crippen LogP contribution is 2.21. The van der Waals surface area contributed by atoms with Crippen LogP contribution in [0, 0.1) is 6.92 Å². The molecule has 2 heteroatoms. The summed E-state index contributed by atoms with van der Waals surface area (Å²) >= 11 is 0. The molecular weight excluding hydrogens is 222 g/mol. The second-order valence-corrected chi connectivity index (χ2v) is 4.76. The molecule has 2 rings (SSSR count). The molecule has 1 aromatic heterocycles. The van der Waals surface area contributed by atoms with Gasteiger partial charge in [-0.3, -0.25) is 0 Å². The summed E-state index contributed by atoms with van der Waals surface area (Å²) in [5, 5.41) is 3.45. The van der Waals surface area contributed by atoms with Crippen LogP contribution in [0.2, 0.25) is 0 Å². The van der Waals surface area contributed by atoms with Crippen molar-refractivity contribution in [3.63, 3.8) is 0 Å². The van der Waals surface area contributed by atoms with E-state index in [1.165, 1.54) is 12.0 Å². The normalized spacial score (nSPS) is 12.4. The number of anilines is 1. The van der Waals surface area contributed by atoms with Crippen LogP contribution in [0.5, 0.6) is 0 Å². The van der Waals surface area contributed by atoms with Crippen molar-refractivity contribution in [3.8, 4) is 0 Å². The number of rotatable bonds is 5. The molecule has 1 atom stereocenters. The smallest absolute Gasteiger partial charge is 0.126 e. The third-order valence-electron chi connectivity index (χ3n) is 3.06. The van der Waals surface area contributed by atoms with Gasteiger partial charge in [0.05, 0.1) is 6.04 Å². The molecule has 0 bridgehead atoms. The van der Waals surface area contributed by atoms with Gasteiger partial charge in [0.25, 0.3) is 0 Å². The summed E-state index contributed by atoms with van der Waals surface area (Å²) in [6, 6.07) is 12.9. The molecule has 1 heterocycles. The van der Waals surface area contributed by atoms with Gasteiger partial charge in [-0.05, 0) is 50.1 Å². The number of benzene rings is 1. The Hall–Kier alpha value is -1.70. The fourth-order valence-corrected chi connectivity index (χ4v) is 2.06. The van der Waals surface area contributed by atoms with E-state index in [2.05, 4.69) is 43.4 Å². The Kier molecular flexibility index (Phi) is 4.08. The standard InChI is InChI=1S/C16H21NO/c1-4-5-14-7-9-15(10-8-14)17-13(3)16-11-6-12(2)18-16/h6-11,13,17H,4-5H2,1-3H3. The molecule has 1 N–H and O–H groups in total. The van der Waals surface area contributed by atoms with Crippen LogP contribution in [0.3, 0.4) is 0 Å². The average Bonchev–Trinajstić information content (AvgIpc) is 2.79. The molecule has 0 aliphatic heterocycles. The molecular formula is C16H21NO. The molecule has 1 unspecified atom stereocenters. The van der Waals surface area contributed by atoms with E-state index in [4.69, 9.17) is 4.42 Å². The van der Waals surface area contributed by atoms with Crippen LogP contribution in [0.4, 0.5) is 5.69 Å². The van der Waals surface area contributed by atoms with Crippen LogP contribution in [-0.4, -0.2) is 0 Å². The summed E-state index contributed by atoms with van der Waals surface area (Å²) in [7, 11) is 0. The first-order valence-electron chi connectivity index (χ1n) is 6.61. The Balaban J connectivity index is 2.00. The van der Waals surface area contributed by atoms with Gasteiger partial charge in [0.2, 0.25) is 0 Å². The van der Waals surface area contributed by atoms with Crippen molar-refractivity contribution >= 4 is 5.69 Å². The highest BCUT2D eigenvalue weighted by atomic mass is 16.3. The lowest BCUT2D eigenvalue weighted by Gasteiger charge is -2.13. The Bertz CT molecular complexity index is 484. The fourth-order valence-electron chi connectivity index (χ4n) is 2.06. The zero-order valence-electron chi connectivity index (χ0n) is 11.4. The summed E-state index contributed by atoms with van der Waals surface area (Å²) in [6.45, 7) is 6.28. The Labute approximate surface area is 109 Å². The number of nitrogens with one attached hydrogen (secondary N) is 1. The molecule has 0 amide bonds. The molecule has 0 spiro atoms. The predicted octanol–water partition coefficient (Wildman–Crippen LogP) is 4.71. The number of furan rings is 1. The second kappa shape index (κ2) is 5.76. The topological polar surface area (TPSA) is 25.2 Å². The minimum absolute atomic E-state index is 0.190. The van der Waals surface area contributed by atoms with E-state index in [1.807, 2.05) is 19.1 Å². The van der Waals surface area contributed by atoms with Gasteiger partial charge in [-0.25, -0.2) is 0 Å². The van der Waals surface area contributed by atoms with Gasteiger partial charge in [-0.2, -0.15) is 0 Å². The van der Waals surface area contributed by atoms with Crippen molar-refractivity contribution in [2.75, 3.05) is 5.32 Å². The van der Waals surface area contributed by atoms with Gasteiger partial charge in [0, 0.05) is 5.69 Å². The maximum Gasteiger partial charge on any atom is 0.126 e. The lowest BCUT2D eigenvalue weighted by molar-refractivity contribution is 0.467. The lowest BCUT2D eigenvalue weighted by Crippen LogP contribution is -2.05. The molecule has 0 saturated heterocycles. The van der Waals surface area contributed by atoms with Crippen LogP contribution in [0.1, 0.15) is 43.4 Å². The molecule has 2 aromatic rings. The van der Waals surface area contributed by atoms with E-state index >= 15 is 0 Å². The van der Waals surface area contributed by atoms with Crippen molar-refractivity contribution < 1.29 is 4.42 Å². The number of hydrogen-bond acceptors (Lipinski definition) is 2. The van der Waals surface area contributed by atoms with E-state index in [-0.39, 0.29) is 6.04 Å². The second-order valence-electron chi connectivity index (χ2n) is 4.76. The quantitative estimate of drug-likeness (QED) is 0.822. The van der Waals surface area contributed by atoms with Crippen molar-refractivity contribution in [2.45, 2.75) is 39.7 Å². The monoisotopic (exact) mass is 243 g/mol. The van der Waals surface area contributed by atoms with Crippen LogP contribution < -0.4 is 5.32 Å². The largest absolute Gasteiger partial charge is 0.464 e. The molecule has 0 fully saturated rings. The minimum Gasteiger partial charge on any atom is -0.464 e.